The summed E-state index contributed by atoms with van der Waals surface area (Å²) in [5.74, 6) is 0.775. The van der Waals surface area contributed by atoms with Gasteiger partial charge in [-0.25, -0.2) is 9.98 Å². The SMILES string of the molecule is CCNC(=NCc1nc(C(F)(F)F)cs1)N1CCN(CC(=O)N2CCOCC2)CC1. The van der Waals surface area contributed by atoms with Crippen molar-refractivity contribution < 1.29 is 22.7 Å². The number of aliphatic imine (C=N–C) groups is 1. The lowest BCUT2D eigenvalue weighted by atomic mass is 10.3. The predicted molar refractivity (Wildman–Crippen MR) is 107 cm³/mol. The fraction of sp³-hybridized carbons (Fsp3) is 0.722. The standard InChI is InChI=1S/C18H27F3N6O2S/c1-2-22-17(23-11-15-24-14(13-30-15)18(19,20)21)27-5-3-25(4-6-27)12-16(28)26-7-9-29-10-8-26/h13H,2-12H2,1H3,(H,22,23). The Balaban J connectivity index is 1.51. The lowest BCUT2D eigenvalue weighted by molar-refractivity contribution is -0.140. The molecule has 3 rings (SSSR count). The lowest BCUT2D eigenvalue weighted by Gasteiger charge is -2.37. The first kappa shape index (κ1) is 22.8. The van der Waals surface area contributed by atoms with Crippen molar-refractivity contribution in [1.82, 2.24) is 25.0 Å². The first-order valence-corrected chi connectivity index (χ1v) is 10.9. The monoisotopic (exact) mass is 448 g/mol. The molecule has 0 saturated carbocycles. The number of carbonyl (C=O) groups excluding carboxylic acids is 1. The normalized spacial score (nSPS) is 19.3. The van der Waals surface area contributed by atoms with Crippen molar-refractivity contribution in [2.45, 2.75) is 19.6 Å². The summed E-state index contributed by atoms with van der Waals surface area (Å²) in [6, 6.07) is 0. The van der Waals surface area contributed by atoms with Crippen LogP contribution in [0.5, 0.6) is 0 Å². The Morgan fingerprint density at radius 2 is 1.90 bits per heavy atom. The summed E-state index contributed by atoms with van der Waals surface area (Å²) in [6.07, 6.45) is -4.43. The fourth-order valence-corrected chi connectivity index (χ4v) is 4.03. The number of nitrogens with zero attached hydrogens (tertiary/aromatic N) is 5. The van der Waals surface area contributed by atoms with Gasteiger partial charge in [0.25, 0.3) is 0 Å². The molecule has 3 heterocycles. The van der Waals surface area contributed by atoms with Crippen LogP contribution in [0.3, 0.4) is 0 Å². The Bertz CT molecular complexity index is 728. The third-order valence-electron chi connectivity index (χ3n) is 4.94. The number of hydrogen-bond donors (Lipinski definition) is 1. The van der Waals surface area contributed by atoms with Gasteiger partial charge in [0.2, 0.25) is 5.91 Å². The van der Waals surface area contributed by atoms with Crippen LogP contribution in [0.15, 0.2) is 10.4 Å². The van der Waals surface area contributed by atoms with Crippen LogP contribution in [-0.4, -0.2) is 97.1 Å². The third kappa shape index (κ3) is 6.29. The predicted octanol–water partition coefficient (Wildman–Crippen LogP) is 1.10. The Kier molecular flexibility index (Phi) is 7.89. The first-order valence-electron chi connectivity index (χ1n) is 9.99. The number of hydrogen-bond acceptors (Lipinski definition) is 6. The molecular formula is C18H27F3N6O2S. The Morgan fingerprint density at radius 3 is 2.50 bits per heavy atom. The van der Waals surface area contributed by atoms with E-state index in [-0.39, 0.29) is 12.5 Å². The van der Waals surface area contributed by atoms with Gasteiger partial charge in [-0.2, -0.15) is 13.2 Å². The summed E-state index contributed by atoms with van der Waals surface area (Å²) in [7, 11) is 0. The van der Waals surface area contributed by atoms with Crippen LogP contribution < -0.4 is 5.32 Å². The molecule has 1 aromatic rings. The van der Waals surface area contributed by atoms with E-state index in [0.717, 1.165) is 29.8 Å². The van der Waals surface area contributed by atoms with Gasteiger partial charge in [0.15, 0.2) is 11.7 Å². The molecule has 1 amide bonds. The molecule has 0 aliphatic carbocycles. The summed E-state index contributed by atoms with van der Waals surface area (Å²) in [5.41, 5.74) is -0.874. The van der Waals surface area contributed by atoms with Crippen LogP contribution >= 0.6 is 11.3 Å². The van der Waals surface area contributed by atoms with Crippen molar-refractivity contribution in [1.29, 1.82) is 0 Å². The summed E-state index contributed by atoms with van der Waals surface area (Å²) < 4.78 is 43.4. The number of rotatable bonds is 5. The molecule has 1 N–H and O–H groups in total. The van der Waals surface area contributed by atoms with Crippen molar-refractivity contribution in [3.63, 3.8) is 0 Å². The van der Waals surface area contributed by atoms with Crippen molar-refractivity contribution >= 4 is 23.2 Å². The van der Waals surface area contributed by atoms with Crippen LogP contribution in [0, 0.1) is 0 Å². The second-order valence-corrected chi connectivity index (χ2v) is 7.99. The zero-order valence-corrected chi connectivity index (χ0v) is 17.8. The van der Waals surface area contributed by atoms with E-state index in [9.17, 15) is 18.0 Å². The molecule has 30 heavy (non-hydrogen) atoms. The molecule has 0 unspecified atom stereocenters. The molecule has 2 aliphatic heterocycles. The number of guanidine groups is 1. The molecule has 2 fully saturated rings. The largest absolute Gasteiger partial charge is 0.434 e. The highest BCUT2D eigenvalue weighted by Gasteiger charge is 2.33. The first-order chi connectivity index (χ1) is 14.4. The Morgan fingerprint density at radius 1 is 1.20 bits per heavy atom. The number of morpholine rings is 1. The molecule has 0 aromatic carbocycles. The average molecular weight is 449 g/mol. The number of nitrogens with one attached hydrogen (secondary N) is 1. The lowest BCUT2D eigenvalue weighted by Crippen LogP contribution is -2.54. The number of amides is 1. The minimum Gasteiger partial charge on any atom is -0.378 e. The molecule has 0 atom stereocenters. The molecule has 2 saturated heterocycles. The van der Waals surface area contributed by atoms with Crippen molar-refractivity contribution in [3.05, 3.63) is 16.1 Å². The van der Waals surface area contributed by atoms with E-state index in [1.807, 2.05) is 11.8 Å². The van der Waals surface area contributed by atoms with Crippen molar-refractivity contribution in [3.8, 4) is 0 Å². The molecular weight excluding hydrogens is 421 g/mol. The minimum atomic E-state index is -4.43. The molecule has 8 nitrogen and oxygen atoms in total. The number of alkyl halides is 3. The smallest absolute Gasteiger partial charge is 0.378 e. The maximum absolute atomic E-state index is 12.7. The molecule has 0 spiro atoms. The molecule has 0 bridgehead atoms. The summed E-state index contributed by atoms with van der Waals surface area (Å²) >= 11 is 0.960. The van der Waals surface area contributed by atoms with Gasteiger partial charge in [-0.3, -0.25) is 9.69 Å². The number of thiazole rings is 1. The highest BCUT2D eigenvalue weighted by atomic mass is 32.1. The van der Waals surface area contributed by atoms with Crippen LogP contribution in [0.25, 0.3) is 0 Å². The number of aromatic nitrogens is 1. The zero-order valence-electron chi connectivity index (χ0n) is 17.0. The zero-order chi connectivity index (χ0) is 21.6. The van der Waals surface area contributed by atoms with Crippen LogP contribution in [0.1, 0.15) is 17.6 Å². The van der Waals surface area contributed by atoms with Gasteiger partial charge in [-0.15, -0.1) is 11.3 Å². The van der Waals surface area contributed by atoms with E-state index >= 15 is 0 Å². The van der Waals surface area contributed by atoms with Crippen LogP contribution in [0.4, 0.5) is 13.2 Å². The quantitative estimate of drug-likeness (QED) is 0.537. The summed E-state index contributed by atoms with van der Waals surface area (Å²) in [5, 5.41) is 4.53. The van der Waals surface area contributed by atoms with Gasteiger partial charge in [-0.05, 0) is 6.92 Å². The van der Waals surface area contributed by atoms with Crippen molar-refractivity contribution in [2.75, 3.05) is 65.6 Å². The second-order valence-electron chi connectivity index (χ2n) is 7.05. The van der Waals surface area contributed by atoms with Gasteiger partial charge in [0.1, 0.15) is 5.01 Å². The fourth-order valence-electron chi connectivity index (χ4n) is 3.30. The molecule has 1 aromatic heterocycles. The Labute approximate surface area is 177 Å². The van der Waals surface area contributed by atoms with E-state index in [4.69, 9.17) is 4.74 Å². The highest BCUT2D eigenvalue weighted by molar-refractivity contribution is 7.09. The molecule has 0 radical (unpaired) electrons. The maximum Gasteiger partial charge on any atom is 0.434 e. The highest BCUT2D eigenvalue weighted by Crippen LogP contribution is 2.30. The number of ether oxygens (including phenoxy) is 1. The molecule has 168 valence electrons. The number of halogens is 3. The summed E-state index contributed by atoms with van der Waals surface area (Å²) in [6.45, 7) is 8.36. The van der Waals surface area contributed by atoms with Gasteiger partial charge in [-0.1, -0.05) is 0 Å². The van der Waals surface area contributed by atoms with Crippen LogP contribution in [-0.2, 0) is 22.3 Å². The molecule has 12 heteroatoms. The maximum atomic E-state index is 12.7. The number of carbonyl (C=O) groups is 1. The summed E-state index contributed by atoms with van der Waals surface area (Å²) in [4.78, 5) is 26.5. The van der Waals surface area contributed by atoms with Gasteiger partial charge in [0, 0.05) is 51.2 Å². The van der Waals surface area contributed by atoms with Gasteiger partial charge >= 0.3 is 6.18 Å². The average Bonchev–Trinajstić information content (AvgIpc) is 3.22. The third-order valence-corrected chi connectivity index (χ3v) is 5.77. The van der Waals surface area contributed by atoms with Crippen LogP contribution in [0.2, 0.25) is 0 Å². The Hall–Kier alpha value is -1.92. The van der Waals surface area contributed by atoms with E-state index in [2.05, 4.69) is 25.1 Å². The van der Waals surface area contributed by atoms with Gasteiger partial charge in [0.05, 0.1) is 26.3 Å². The molecule has 2 aliphatic rings. The van der Waals surface area contributed by atoms with E-state index < -0.39 is 11.9 Å². The van der Waals surface area contributed by atoms with E-state index in [1.54, 1.807) is 0 Å². The minimum absolute atomic E-state index is 0.0960. The van der Waals surface area contributed by atoms with Crippen molar-refractivity contribution in [2.24, 2.45) is 4.99 Å². The topological polar surface area (TPSA) is 73.3 Å². The van der Waals surface area contributed by atoms with E-state index in [0.29, 0.717) is 63.4 Å². The number of piperazine rings is 1. The van der Waals surface area contributed by atoms with E-state index in [1.165, 1.54) is 0 Å². The van der Waals surface area contributed by atoms with Gasteiger partial charge < -0.3 is 19.9 Å². The second kappa shape index (κ2) is 10.4.